The van der Waals surface area contributed by atoms with E-state index in [1.807, 2.05) is 53.9 Å². The molecule has 0 fully saturated rings. The van der Waals surface area contributed by atoms with Gasteiger partial charge in [0.15, 0.2) is 0 Å². The first-order valence-corrected chi connectivity index (χ1v) is 9.95. The lowest BCUT2D eigenvalue weighted by Crippen LogP contribution is -2.06. The van der Waals surface area contributed by atoms with E-state index in [2.05, 4.69) is 0 Å². The van der Waals surface area contributed by atoms with Gasteiger partial charge in [-0.3, -0.25) is 14.9 Å². The Morgan fingerprint density at radius 3 is 2.37 bits per heavy atom. The number of rotatable bonds is 8. The highest BCUT2D eigenvalue weighted by Gasteiger charge is 2.08. The molecule has 1 heterocycles. The van der Waals surface area contributed by atoms with Gasteiger partial charge in [-0.05, 0) is 46.8 Å². The van der Waals surface area contributed by atoms with E-state index in [1.165, 1.54) is 24.3 Å². The molecule has 0 aliphatic heterocycles. The zero-order valence-corrected chi connectivity index (χ0v) is 17.0. The summed E-state index contributed by atoms with van der Waals surface area (Å²) >= 11 is 1.63. The van der Waals surface area contributed by atoms with Crippen LogP contribution in [0, 0.1) is 10.1 Å². The average molecular weight is 421 g/mol. The minimum atomic E-state index is -0.505. The molecule has 0 saturated carbocycles. The first-order valence-electron chi connectivity index (χ1n) is 9.07. The van der Waals surface area contributed by atoms with Gasteiger partial charge in [0.25, 0.3) is 5.69 Å². The second-order valence-corrected chi connectivity index (χ2v) is 7.09. The average Bonchev–Trinajstić information content (AvgIpc) is 3.29. The van der Waals surface area contributed by atoms with Crippen LogP contribution < -0.4 is 9.47 Å². The summed E-state index contributed by atoms with van der Waals surface area (Å²) in [4.78, 5) is 23.3. The molecule has 30 heavy (non-hydrogen) atoms. The summed E-state index contributed by atoms with van der Waals surface area (Å²) in [5.41, 5.74) is 2.02. The Kier molecular flexibility index (Phi) is 7.13. The lowest BCUT2D eigenvalue weighted by atomic mass is 10.0. The van der Waals surface area contributed by atoms with E-state index < -0.39 is 10.9 Å². The Morgan fingerprint density at radius 1 is 1.07 bits per heavy atom. The van der Waals surface area contributed by atoms with Crippen molar-refractivity contribution in [3.05, 3.63) is 105 Å². The molecule has 0 unspecified atom stereocenters. The largest absolute Gasteiger partial charge is 0.497 e. The van der Waals surface area contributed by atoms with E-state index in [0.717, 1.165) is 21.8 Å². The van der Waals surface area contributed by atoms with Crippen molar-refractivity contribution in [3.63, 3.8) is 0 Å². The summed E-state index contributed by atoms with van der Waals surface area (Å²) in [6, 6.07) is 17.2. The van der Waals surface area contributed by atoms with Gasteiger partial charge in [-0.2, -0.15) is 0 Å². The molecule has 0 amide bonds. The number of nitro benzene ring substituents is 1. The fourth-order valence-electron chi connectivity index (χ4n) is 2.66. The number of thiophene rings is 1. The van der Waals surface area contributed by atoms with Crippen LogP contribution >= 0.6 is 11.3 Å². The Morgan fingerprint density at radius 2 is 1.77 bits per heavy atom. The van der Waals surface area contributed by atoms with Gasteiger partial charge < -0.3 is 9.47 Å². The van der Waals surface area contributed by atoms with Crippen LogP contribution in [0.1, 0.15) is 16.9 Å². The molecule has 1 aromatic heterocycles. The molecule has 0 radical (unpaired) electrons. The lowest BCUT2D eigenvalue weighted by Gasteiger charge is -2.06. The van der Waals surface area contributed by atoms with E-state index >= 15 is 0 Å². The van der Waals surface area contributed by atoms with Gasteiger partial charge >= 0.3 is 5.97 Å². The number of methoxy groups -OCH3 is 1. The molecular weight excluding hydrogens is 402 g/mol. The summed E-state index contributed by atoms with van der Waals surface area (Å²) in [5, 5.41) is 12.7. The molecule has 0 spiro atoms. The molecule has 0 saturated heterocycles. The number of non-ortho nitro benzene ring substituents is 1. The number of hydrogen-bond acceptors (Lipinski definition) is 6. The molecular formula is C23H19NO5S. The fraction of sp³-hybridized carbons (Fsp3) is 0.0870. The van der Waals surface area contributed by atoms with E-state index in [1.54, 1.807) is 24.5 Å². The maximum Gasteiger partial charge on any atom is 0.315 e. The molecule has 0 atom stereocenters. The molecule has 2 aromatic carbocycles. The molecule has 3 aromatic rings. The number of carbonyl (C=O) groups is 1. The standard InChI is InChI=1S/C23H19NO5S/c1-28-19-12-8-17(9-13-19)21(22-6-4-16-30-22)5-2-3-7-23(25)29-20-14-10-18(11-15-20)24(26)27/h2-6,8-16H,7H2,1H3/b3-2+,21-5-. The normalized spacial score (nSPS) is 11.4. The van der Waals surface area contributed by atoms with E-state index in [4.69, 9.17) is 9.47 Å². The third-order valence-electron chi connectivity index (χ3n) is 4.15. The minimum Gasteiger partial charge on any atom is -0.497 e. The zero-order valence-electron chi connectivity index (χ0n) is 16.2. The van der Waals surface area contributed by atoms with E-state index in [9.17, 15) is 14.9 Å². The molecule has 152 valence electrons. The second kappa shape index (κ2) is 10.2. The van der Waals surface area contributed by atoms with Crippen molar-refractivity contribution in [2.75, 3.05) is 7.11 Å². The monoisotopic (exact) mass is 421 g/mol. The lowest BCUT2D eigenvalue weighted by molar-refractivity contribution is -0.384. The molecule has 0 bridgehead atoms. The first-order chi connectivity index (χ1) is 14.6. The number of allylic oxidation sites excluding steroid dienone is 2. The summed E-state index contributed by atoms with van der Waals surface area (Å²) in [7, 11) is 1.63. The van der Waals surface area contributed by atoms with Crippen molar-refractivity contribution in [1.82, 2.24) is 0 Å². The van der Waals surface area contributed by atoms with Gasteiger partial charge in [0.05, 0.1) is 18.5 Å². The van der Waals surface area contributed by atoms with E-state index in [0.29, 0.717) is 0 Å². The van der Waals surface area contributed by atoms with Gasteiger partial charge in [0.1, 0.15) is 11.5 Å². The third kappa shape index (κ3) is 5.65. The quantitative estimate of drug-likeness (QED) is 0.154. The van der Waals surface area contributed by atoms with Crippen LogP contribution in [0.4, 0.5) is 5.69 Å². The van der Waals surface area contributed by atoms with Crippen molar-refractivity contribution in [3.8, 4) is 11.5 Å². The smallest absolute Gasteiger partial charge is 0.315 e. The molecule has 7 heteroatoms. The number of benzene rings is 2. The van der Waals surface area contributed by atoms with Crippen LogP contribution in [0.15, 0.2) is 84.3 Å². The van der Waals surface area contributed by atoms with Crippen molar-refractivity contribution in [2.45, 2.75) is 6.42 Å². The third-order valence-corrected chi connectivity index (χ3v) is 5.05. The highest BCUT2D eigenvalue weighted by Crippen LogP contribution is 2.28. The predicted octanol–water partition coefficient (Wildman–Crippen LogP) is 5.65. The highest BCUT2D eigenvalue weighted by atomic mass is 32.1. The van der Waals surface area contributed by atoms with Crippen molar-refractivity contribution < 1.29 is 19.2 Å². The number of ether oxygens (including phenoxy) is 2. The number of nitrogens with zero attached hydrogens (tertiary/aromatic N) is 1. The number of esters is 1. The SMILES string of the molecule is COc1ccc(/C(=C/C=C/CC(=O)Oc2ccc([N+](=O)[O-])cc2)c2cccs2)cc1. The molecule has 0 aliphatic rings. The molecule has 3 rings (SSSR count). The number of hydrogen-bond donors (Lipinski definition) is 0. The summed E-state index contributed by atoms with van der Waals surface area (Å²) in [6.07, 6.45) is 5.56. The molecule has 6 nitrogen and oxygen atoms in total. The Labute approximate surface area is 177 Å². The maximum absolute atomic E-state index is 12.0. The Hall–Kier alpha value is -3.71. The maximum atomic E-state index is 12.0. The van der Waals surface area contributed by atoms with Gasteiger partial charge in [-0.1, -0.05) is 36.4 Å². The van der Waals surface area contributed by atoms with Crippen LogP contribution in [0.2, 0.25) is 0 Å². The minimum absolute atomic E-state index is 0.0560. The van der Waals surface area contributed by atoms with Crippen molar-refractivity contribution in [1.29, 1.82) is 0 Å². The van der Waals surface area contributed by atoms with Crippen LogP contribution in [0.3, 0.4) is 0 Å². The van der Waals surface area contributed by atoms with Gasteiger partial charge in [0.2, 0.25) is 0 Å². The summed E-state index contributed by atoms with van der Waals surface area (Å²) in [5.74, 6) is 0.608. The fourth-order valence-corrected chi connectivity index (χ4v) is 3.43. The Balaban J connectivity index is 1.66. The second-order valence-electron chi connectivity index (χ2n) is 6.14. The zero-order chi connectivity index (χ0) is 21.3. The van der Waals surface area contributed by atoms with Crippen LogP contribution in [0.5, 0.6) is 11.5 Å². The van der Waals surface area contributed by atoms with Gasteiger partial charge in [-0.25, -0.2) is 0 Å². The van der Waals surface area contributed by atoms with Crippen LogP contribution in [-0.4, -0.2) is 18.0 Å². The van der Waals surface area contributed by atoms with Crippen LogP contribution in [-0.2, 0) is 4.79 Å². The highest BCUT2D eigenvalue weighted by molar-refractivity contribution is 7.11. The molecule has 0 aliphatic carbocycles. The molecule has 0 N–H and O–H groups in total. The van der Waals surface area contributed by atoms with Crippen LogP contribution in [0.25, 0.3) is 5.57 Å². The number of carbonyl (C=O) groups excluding carboxylic acids is 1. The van der Waals surface area contributed by atoms with Crippen molar-refractivity contribution in [2.24, 2.45) is 0 Å². The van der Waals surface area contributed by atoms with E-state index in [-0.39, 0.29) is 17.9 Å². The first kappa shape index (κ1) is 21.0. The predicted molar refractivity (Wildman–Crippen MR) is 117 cm³/mol. The van der Waals surface area contributed by atoms with Gasteiger partial charge in [0, 0.05) is 17.0 Å². The van der Waals surface area contributed by atoms with Crippen molar-refractivity contribution >= 4 is 28.6 Å². The summed E-state index contributed by atoms with van der Waals surface area (Å²) < 4.78 is 10.4. The Bertz CT molecular complexity index is 1050. The van der Waals surface area contributed by atoms with Gasteiger partial charge in [-0.15, -0.1) is 11.3 Å². The summed E-state index contributed by atoms with van der Waals surface area (Å²) in [6.45, 7) is 0. The topological polar surface area (TPSA) is 78.7 Å². The number of nitro groups is 1.